The number of aryl methyl sites for hydroxylation is 2. The summed E-state index contributed by atoms with van der Waals surface area (Å²) in [5.74, 6) is 1.45. The zero-order valence-electron chi connectivity index (χ0n) is 20.5. The highest BCUT2D eigenvalue weighted by molar-refractivity contribution is 5.92. The second-order valence-electron chi connectivity index (χ2n) is 8.45. The maximum absolute atomic E-state index is 12.8. The molecule has 4 aromatic heterocycles. The van der Waals surface area contributed by atoms with Gasteiger partial charge in [0, 0.05) is 42.2 Å². The van der Waals surface area contributed by atoms with Crippen LogP contribution in [0.1, 0.15) is 40.6 Å². The van der Waals surface area contributed by atoms with Crippen LogP contribution in [0.25, 0.3) is 22.6 Å². The van der Waals surface area contributed by atoms with Crippen LogP contribution in [0.5, 0.6) is 0 Å². The third-order valence-corrected chi connectivity index (χ3v) is 5.58. The molecule has 1 atom stereocenters. The molecule has 1 aromatic carbocycles. The summed E-state index contributed by atoms with van der Waals surface area (Å²) in [5, 5.41) is 9.79. The van der Waals surface area contributed by atoms with Gasteiger partial charge in [0.25, 0.3) is 11.9 Å². The van der Waals surface area contributed by atoms with Gasteiger partial charge in [-0.2, -0.15) is 4.98 Å². The molecule has 10 nitrogen and oxygen atoms in total. The number of anilines is 2. The Morgan fingerprint density at radius 1 is 0.892 bits per heavy atom. The standard InChI is InChI=1S/C27H24N8O2/c1-16-13-24(34-27-32-18(3)37-35-27)33-25(30-16)21-10-12-23(29-15-21)26(36)31-17(2)20-9-11-22(28-14-20)19-7-5-4-6-8-19/h4-15,17H,1-3H3,(H,31,36)(H,30,33,34,35). The average Bonchev–Trinajstić information content (AvgIpc) is 3.33. The molecule has 1 amide bonds. The first-order valence-electron chi connectivity index (χ1n) is 11.7. The first kappa shape index (κ1) is 23.7. The van der Waals surface area contributed by atoms with Gasteiger partial charge in [-0.3, -0.25) is 14.8 Å². The van der Waals surface area contributed by atoms with Crippen LogP contribution in [-0.4, -0.2) is 36.0 Å². The van der Waals surface area contributed by atoms with Crippen molar-refractivity contribution >= 4 is 17.7 Å². The third-order valence-electron chi connectivity index (χ3n) is 5.58. The van der Waals surface area contributed by atoms with Crippen LogP contribution in [0, 0.1) is 13.8 Å². The Morgan fingerprint density at radius 3 is 2.41 bits per heavy atom. The summed E-state index contributed by atoms with van der Waals surface area (Å²) in [5.41, 5.74) is 4.52. The van der Waals surface area contributed by atoms with Gasteiger partial charge in [0.2, 0.25) is 5.89 Å². The lowest BCUT2D eigenvalue weighted by Crippen LogP contribution is -2.27. The van der Waals surface area contributed by atoms with Gasteiger partial charge in [-0.15, -0.1) is 0 Å². The van der Waals surface area contributed by atoms with Crippen LogP contribution in [0.4, 0.5) is 11.8 Å². The molecule has 0 bridgehead atoms. The van der Waals surface area contributed by atoms with Crippen LogP contribution in [0.15, 0.2) is 77.6 Å². The molecular formula is C27H24N8O2. The zero-order chi connectivity index (χ0) is 25.8. The Labute approximate surface area is 213 Å². The maximum atomic E-state index is 12.8. The van der Waals surface area contributed by atoms with Crippen molar-refractivity contribution in [2.75, 3.05) is 5.32 Å². The topological polar surface area (TPSA) is 132 Å². The van der Waals surface area contributed by atoms with Crippen molar-refractivity contribution in [3.8, 4) is 22.6 Å². The predicted molar refractivity (Wildman–Crippen MR) is 138 cm³/mol. The van der Waals surface area contributed by atoms with E-state index in [0.29, 0.717) is 29.0 Å². The smallest absolute Gasteiger partial charge is 0.270 e. The minimum absolute atomic E-state index is 0.242. The van der Waals surface area contributed by atoms with Crippen LogP contribution in [0.3, 0.4) is 0 Å². The Hall–Kier alpha value is -4.99. The van der Waals surface area contributed by atoms with Gasteiger partial charge in [-0.1, -0.05) is 36.4 Å². The van der Waals surface area contributed by atoms with E-state index in [-0.39, 0.29) is 17.6 Å². The number of pyridine rings is 2. The van der Waals surface area contributed by atoms with E-state index in [4.69, 9.17) is 4.52 Å². The fourth-order valence-electron chi connectivity index (χ4n) is 3.68. The Morgan fingerprint density at radius 2 is 1.73 bits per heavy atom. The van der Waals surface area contributed by atoms with Crippen LogP contribution >= 0.6 is 0 Å². The molecule has 37 heavy (non-hydrogen) atoms. The summed E-state index contributed by atoms with van der Waals surface area (Å²) in [4.78, 5) is 34.8. The van der Waals surface area contributed by atoms with E-state index in [9.17, 15) is 4.79 Å². The molecule has 0 aliphatic carbocycles. The fourth-order valence-corrected chi connectivity index (χ4v) is 3.68. The maximum Gasteiger partial charge on any atom is 0.270 e. The first-order chi connectivity index (χ1) is 17.9. The van der Waals surface area contributed by atoms with Gasteiger partial charge in [0.05, 0.1) is 11.7 Å². The molecule has 0 saturated heterocycles. The summed E-state index contributed by atoms with van der Waals surface area (Å²) in [6.07, 6.45) is 3.35. The minimum Gasteiger partial charge on any atom is -0.344 e. The van der Waals surface area contributed by atoms with E-state index in [2.05, 4.69) is 40.7 Å². The quantitative estimate of drug-likeness (QED) is 0.328. The van der Waals surface area contributed by atoms with Crippen LogP contribution in [0.2, 0.25) is 0 Å². The lowest BCUT2D eigenvalue weighted by atomic mass is 10.1. The number of amides is 1. The Kier molecular flexibility index (Phi) is 6.62. The molecule has 5 aromatic rings. The van der Waals surface area contributed by atoms with E-state index in [1.54, 1.807) is 37.5 Å². The molecular weight excluding hydrogens is 468 g/mol. The monoisotopic (exact) mass is 492 g/mol. The highest BCUT2D eigenvalue weighted by Crippen LogP contribution is 2.21. The van der Waals surface area contributed by atoms with Crippen LogP contribution in [-0.2, 0) is 0 Å². The van der Waals surface area contributed by atoms with Crippen molar-refractivity contribution in [2.24, 2.45) is 0 Å². The van der Waals surface area contributed by atoms with E-state index in [1.165, 1.54) is 0 Å². The van der Waals surface area contributed by atoms with Crippen molar-refractivity contribution in [3.05, 3.63) is 95.9 Å². The lowest BCUT2D eigenvalue weighted by molar-refractivity contribution is 0.0935. The van der Waals surface area contributed by atoms with E-state index in [0.717, 1.165) is 22.5 Å². The first-order valence-corrected chi connectivity index (χ1v) is 11.7. The van der Waals surface area contributed by atoms with Crippen molar-refractivity contribution in [1.29, 1.82) is 0 Å². The van der Waals surface area contributed by atoms with Gasteiger partial charge >= 0.3 is 0 Å². The number of carbonyl (C=O) groups excluding carboxylic acids is 1. The minimum atomic E-state index is -0.286. The summed E-state index contributed by atoms with van der Waals surface area (Å²) < 4.78 is 4.98. The highest BCUT2D eigenvalue weighted by Gasteiger charge is 2.15. The molecule has 0 radical (unpaired) electrons. The number of nitrogens with zero attached hydrogens (tertiary/aromatic N) is 6. The molecule has 0 aliphatic rings. The molecule has 0 saturated carbocycles. The molecule has 10 heteroatoms. The van der Waals surface area contributed by atoms with Gasteiger partial charge in [-0.25, -0.2) is 9.97 Å². The Bertz CT molecular complexity index is 1520. The van der Waals surface area contributed by atoms with Crippen molar-refractivity contribution in [3.63, 3.8) is 0 Å². The zero-order valence-corrected chi connectivity index (χ0v) is 20.5. The number of hydrogen-bond acceptors (Lipinski definition) is 9. The molecule has 5 rings (SSSR count). The highest BCUT2D eigenvalue weighted by atomic mass is 16.5. The van der Waals surface area contributed by atoms with Crippen LogP contribution < -0.4 is 10.6 Å². The Balaban J connectivity index is 1.26. The number of benzene rings is 1. The third kappa shape index (κ3) is 5.64. The molecule has 0 aliphatic heterocycles. The van der Waals surface area contributed by atoms with Crippen molar-refractivity contribution in [2.45, 2.75) is 26.8 Å². The summed E-state index contributed by atoms with van der Waals surface area (Å²) in [6, 6.07) is 18.8. The normalized spacial score (nSPS) is 11.6. The number of carbonyl (C=O) groups is 1. The molecule has 4 heterocycles. The molecule has 2 N–H and O–H groups in total. The fraction of sp³-hybridized carbons (Fsp3) is 0.148. The molecule has 1 unspecified atom stereocenters. The van der Waals surface area contributed by atoms with Gasteiger partial charge < -0.3 is 15.2 Å². The largest absolute Gasteiger partial charge is 0.344 e. The number of rotatable bonds is 7. The molecule has 0 fully saturated rings. The van der Waals surface area contributed by atoms with Gasteiger partial charge in [-0.05, 0) is 42.8 Å². The van der Waals surface area contributed by atoms with E-state index >= 15 is 0 Å². The second kappa shape index (κ2) is 10.3. The summed E-state index contributed by atoms with van der Waals surface area (Å²) >= 11 is 0. The van der Waals surface area contributed by atoms with E-state index < -0.39 is 0 Å². The SMILES string of the molecule is Cc1cc(Nc2noc(C)n2)nc(-c2ccc(C(=O)NC(C)c3ccc(-c4ccccc4)nc3)nc2)n1. The molecule has 0 spiro atoms. The van der Waals surface area contributed by atoms with Gasteiger partial charge in [0.1, 0.15) is 11.5 Å². The predicted octanol–water partition coefficient (Wildman–Crippen LogP) is 4.84. The average molecular weight is 493 g/mol. The number of aromatic nitrogens is 6. The number of hydrogen-bond donors (Lipinski definition) is 2. The van der Waals surface area contributed by atoms with Crippen molar-refractivity contribution < 1.29 is 9.32 Å². The van der Waals surface area contributed by atoms with Crippen molar-refractivity contribution in [1.82, 2.24) is 35.4 Å². The van der Waals surface area contributed by atoms with E-state index in [1.807, 2.05) is 56.3 Å². The summed E-state index contributed by atoms with van der Waals surface area (Å²) in [6.45, 7) is 5.47. The number of nitrogens with one attached hydrogen (secondary N) is 2. The summed E-state index contributed by atoms with van der Waals surface area (Å²) in [7, 11) is 0. The van der Waals surface area contributed by atoms with Gasteiger partial charge in [0.15, 0.2) is 5.82 Å². The lowest BCUT2D eigenvalue weighted by Gasteiger charge is -2.14. The second-order valence-corrected chi connectivity index (χ2v) is 8.45. The molecule has 184 valence electrons.